The molecule has 12 nitrogen and oxygen atoms in total. The fraction of sp³-hybridized carbons (Fsp3) is 0.346. The number of rotatable bonds is 13. The zero-order valence-electron chi connectivity index (χ0n) is 21.2. The van der Waals surface area contributed by atoms with Crippen molar-refractivity contribution in [3.05, 3.63) is 65.7 Å². The second kappa shape index (κ2) is 14.3. The number of likely N-dealkylation sites (N-methyl/N-ethyl adjacent to an activating group) is 1. The van der Waals surface area contributed by atoms with Crippen molar-refractivity contribution in [3.63, 3.8) is 0 Å². The SMILES string of the molecule is C[C@H](NC(=O)[C@@H](N)Cc1ccc(O)cc1)C(=O)NCC(=O)N(C)[C@@H](Cc1ccccc1)C(=O)NCC(=O)O. The first-order valence-electron chi connectivity index (χ1n) is 11.9. The number of aliphatic carboxylic acids is 1. The molecule has 0 aliphatic heterocycles. The van der Waals surface area contributed by atoms with Crippen LogP contribution >= 0.6 is 0 Å². The number of hydrogen-bond acceptors (Lipinski definition) is 7. The normalized spacial score (nSPS) is 12.9. The average molecular weight is 528 g/mol. The smallest absolute Gasteiger partial charge is 0.322 e. The summed E-state index contributed by atoms with van der Waals surface area (Å²) in [5.74, 6) is -3.58. The topological polar surface area (TPSA) is 191 Å². The molecule has 7 N–H and O–H groups in total. The number of carbonyl (C=O) groups excluding carboxylic acids is 4. The Morgan fingerprint density at radius 1 is 0.842 bits per heavy atom. The Kier molecular flexibility index (Phi) is 11.2. The van der Waals surface area contributed by atoms with Gasteiger partial charge in [0.05, 0.1) is 12.6 Å². The summed E-state index contributed by atoms with van der Waals surface area (Å²) in [7, 11) is 1.38. The van der Waals surface area contributed by atoms with Crippen molar-refractivity contribution >= 4 is 29.6 Å². The molecule has 0 saturated carbocycles. The minimum atomic E-state index is -1.23. The number of phenols is 1. The predicted molar refractivity (Wildman–Crippen MR) is 138 cm³/mol. The first-order chi connectivity index (χ1) is 18.0. The standard InChI is InChI=1S/C26H33N5O7/c1-16(30-25(37)20(27)12-18-8-10-19(32)11-9-18)24(36)28-14-22(33)31(2)21(26(38)29-15-23(34)35)13-17-6-4-3-5-7-17/h3-11,16,20-21,32H,12-15,27H2,1-2H3,(H,28,36)(H,29,38)(H,30,37)(H,34,35)/t16-,20-,21-/m0/s1. The zero-order chi connectivity index (χ0) is 28.2. The molecule has 0 radical (unpaired) electrons. The van der Waals surface area contributed by atoms with Gasteiger partial charge in [0.25, 0.3) is 0 Å². The molecular weight excluding hydrogens is 494 g/mol. The third kappa shape index (κ3) is 9.54. The van der Waals surface area contributed by atoms with Crippen LogP contribution in [0.3, 0.4) is 0 Å². The Hall–Kier alpha value is -4.45. The Balaban J connectivity index is 1.92. The number of nitrogens with zero attached hydrogens (tertiary/aromatic N) is 1. The van der Waals surface area contributed by atoms with Crippen molar-refractivity contribution in [2.45, 2.75) is 37.9 Å². The third-order valence-electron chi connectivity index (χ3n) is 5.74. The molecule has 0 spiro atoms. The molecule has 2 aromatic rings. The number of nitrogens with one attached hydrogen (secondary N) is 3. The molecule has 12 heteroatoms. The lowest BCUT2D eigenvalue weighted by atomic mass is 10.0. The number of aromatic hydroxyl groups is 1. The molecule has 0 heterocycles. The van der Waals surface area contributed by atoms with Gasteiger partial charge >= 0.3 is 5.97 Å². The maximum absolute atomic E-state index is 12.8. The van der Waals surface area contributed by atoms with Crippen molar-refractivity contribution in [3.8, 4) is 5.75 Å². The molecule has 2 rings (SSSR count). The van der Waals surface area contributed by atoms with Crippen molar-refractivity contribution in [1.29, 1.82) is 0 Å². The summed E-state index contributed by atoms with van der Waals surface area (Å²) in [6, 6.07) is 12.2. The van der Waals surface area contributed by atoms with E-state index in [2.05, 4.69) is 16.0 Å². The Morgan fingerprint density at radius 3 is 2.03 bits per heavy atom. The van der Waals surface area contributed by atoms with Crippen LogP contribution in [0.25, 0.3) is 0 Å². The summed E-state index contributed by atoms with van der Waals surface area (Å²) >= 11 is 0. The van der Waals surface area contributed by atoms with Crippen LogP contribution in [0.2, 0.25) is 0 Å². The van der Waals surface area contributed by atoms with Gasteiger partial charge in [0.2, 0.25) is 23.6 Å². The number of benzene rings is 2. The van der Waals surface area contributed by atoms with Gasteiger partial charge in [-0.1, -0.05) is 42.5 Å². The average Bonchev–Trinajstić information content (AvgIpc) is 2.90. The van der Waals surface area contributed by atoms with E-state index in [4.69, 9.17) is 10.8 Å². The molecule has 2 aromatic carbocycles. The zero-order valence-corrected chi connectivity index (χ0v) is 21.2. The maximum Gasteiger partial charge on any atom is 0.322 e. The lowest BCUT2D eigenvalue weighted by Crippen LogP contribution is -2.54. The van der Waals surface area contributed by atoms with Gasteiger partial charge in [-0.25, -0.2) is 0 Å². The Labute approximate surface area is 220 Å². The summed E-state index contributed by atoms with van der Waals surface area (Å²) in [5, 5.41) is 25.4. The van der Waals surface area contributed by atoms with Gasteiger partial charge in [-0.3, -0.25) is 24.0 Å². The van der Waals surface area contributed by atoms with Crippen LogP contribution in [0.1, 0.15) is 18.1 Å². The summed E-state index contributed by atoms with van der Waals surface area (Å²) in [6.45, 7) is 0.383. The van der Waals surface area contributed by atoms with Crippen LogP contribution in [0.15, 0.2) is 54.6 Å². The predicted octanol–water partition coefficient (Wildman–Crippen LogP) is -0.847. The minimum Gasteiger partial charge on any atom is -0.508 e. The van der Waals surface area contributed by atoms with E-state index in [9.17, 15) is 29.1 Å². The van der Waals surface area contributed by atoms with Gasteiger partial charge in [-0.2, -0.15) is 0 Å². The fourth-order valence-corrected chi connectivity index (χ4v) is 3.50. The highest BCUT2D eigenvalue weighted by atomic mass is 16.4. The van der Waals surface area contributed by atoms with E-state index < -0.39 is 60.8 Å². The quantitative estimate of drug-likeness (QED) is 0.194. The Morgan fingerprint density at radius 2 is 1.42 bits per heavy atom. The molecular formula is C26H33N5O7. The first-order valence-corrected chi connectivity index (χ1v) is 11.9. The number of nitrogens with two attached hydrogens (primary N) is 1. The van der Waals surface area contributed by atoms with E-state index in [0.717, 1.165) is 16.0 Å². The molecule has 0 aromatic heterocycles. The number of amides is 4. The number of carbonyl (C=O) groups is 5. The van der Waals surface area contributed by atoms with E-state index in [-0.39, 0.29) is 18.6 Å². The fourth-order valence-electron chi connectivity index (χ4n) is 3.50. The Bertz CT molecular complexity index is 1120. The lowest BCUT2D eigenvalue weighted by molar-refractivity contribution is -0.141. The summed E-state index contributed by atoms with van der Waals surface area (Å²) in [6.07, 6.45) is 0.324. The lowest BCUT2D eigenvalue weighted by Gasteiger charge is -2.27. The summed E-state index contributed by atoms with van der Waals surface area (Å²) in [4.78, 5) is 62.3. The van der Waals surface area contributed by atoms with E-state index >= 15 is 0 Å². The van der Waals surface area contributed by atoms with Crippen molar-refractivity contribution in [1.82, 2.24) is 20.9 Å². The summed E-state index contributed by atoms with van der Waals surface area (Å²) < 4.78 is 0. The van der Waals surface area contributed by atoms with Crippen LogP contribution in [0.5, 0.6) is 5.75 Å². The van der Waals surface area contributed by atoms with Gasteiger partial charge in [0.1, 0.15) is 24.4 Å². The van der Waals surface area contributed by atoms with Gasteiger partial charge in [-0.15, -0.1) is 0 Å². The molecule has 0 unspecified atom stereocenters. The molecule has 4 amide bonds. The number of hydrogen-bond donors (Lipinski definition) is 6. The van der Waals surface area contributed by atoms with Crippen molar-refractivity contribution in [2.24, 2.45) is 5.73 Å². The highest BCUT2D eigenvalue weighted by molar-refractivity contribution is 5.93. The molecule has 0 aliphatic carbocycles. The minimum absolute atomic E-state index is 0.0875. The van der Waals surface area contributed by atoms with Gasteiger partial charge in [0, 0.05) is 13.5 Å². The van der Waals surface area contributed by atoms with Crippen LogP contribution in [0, 0.1) is 0 Å². The van der Waals surface area contributed by atoms with Gasteiger partial charge < -0.3 is 36.8 Å². The number of carboxylic acids is 1. The molecule has 0 aliphatic rings. The van der Waals surface area contributed by atoms with Crippen LogP contribution in [-0.4, -0.2) is 83.0 Å². The third-order valence-corrected chi connectivity index (χ3v) is 5.74. The molecule has 0 fully saturated rings. The monoisotopic (exact) mass is 527 g/mol. The van der Waals surface area contributed by atoms with Crippen LogP contribution < -0.4 is 21.7 Å². The molecule has 3 atom stereocenters. The van der Waals surface area contributed by atoms with E-state index in [1.807, 2.05) is 0 Å². The van der Waals surface area contributed by atoms with Crippen LogP contribution in [0.4, 0.5) is 0 Å². The highest BCUT2D eigenvalue weighted by Gasteiger charge is 2.28. The largest absolute Gasteiger partial charge is 0.508 e. The van der Waals surface area contributed by atoms with Gasteiger partial charge in [0.15, 0.2) is 0 Å². The number of carboxylic acid groups (broad SMARTS) is 1. The second-order valence-corrected chi connectivity index (χ2v) is 8.75. The van der Waals surface area contributed by atoms with Crippen LogP contribution in [-0.2, 0) is 36.8 Å². The molecule has 204 valence electrons. The van der Waals surface area contributed by atoms with E-state index in [0.29, 0.717) is 0 Å². The van der Waals surface area contributed by atoms with Crippen molar-refractivity contribution in [2.75, 3.05) is 20.1 Å². The highest BCUT2D eigenvalue weighted by Crippen LogP contribution is 2.11. The molecule has 0 bridgehead atoms. The van der Waals surface area contributed by atoms with Gasteiger partial charge in [-0.05, 0) is 36.6 Å². The maximum atomic E-state index is 12.8. The van der Waals surface area contributed by atoms with E-state index in [1.54, 1.807) is 42.5 Å². The molecule has 0 saturated heterocycles. The second-order valence-electron chi connectivity index (χ2n) is 8.75. The first kappa shape index (κ1) is 29.8. The van der Waals surface area contributed by atoms with Crippen molar-refractivity contribution < 1.29 is 34.2 Å². The van der Waals surface area contributed by atoms with E-state index in [1.165, 1.54) is 26.1 Å². The number of phenolic OH excluding ortho intramolecular Hbond substituents is 1. The summed E-state index contributed by atoms with van der Waals surface area (Å²) in [5.41, 5.74) is 7.41. The molecule has 38 heavy (non-hydrogen) atoms.